The van der Waals surface area contributed by atoms with Crippen LogP contribution in [0.1, 0.15) is 12.5 Å². The van der Waals surface area contributed by atoms with E-state index in [4.69, 9.17) is 0 Å². The molecule has 0 N–H and O–H groups in total. The number of para-hydroxylation sites is 1. The lowest BCUT2D eigenvalue weighted by Gasteiger charge is -2.38. The number of hydrogen-bond acceptors (Lipinski definition) is 2. The number of anilines is 2. The van der Waals surface area contributed by atoms with Crippen LogP contribution in [0, 0.1) is 12.7 Å². The van der Waals surface area contributed by atoms with Gasteiger partial charge in [0.05, 0.1) is 5.69 Å². The fraction of sp³-hybridized carbons (Fsp3) is 0.350. The van der Waals surface area contributed by atoms with E-state index in [0.29, 0.717) is 38.4 Å². The third-order valence-corrected chi connectivity index (χ3v) is 4.60. The Morgan fingerprint density at radius 3 is 2.44 bits per heavy atom. The van der Waals surface area contributed by atoms with Crippen LogP contribution in [-0.4, -0.2) is 43.7 Å². The minimum Gasteiger partial charge on any atom is -0.366 e. The van der Waals surface area contributed by atoms with Crippen LogP contribution < -0.4 is 9.80 Å². The van der Waals surface area contributed by atoms with E-state index in [1.165, 1.54) is 6.07 Å². The Kier molecular flexibility index (Phi) is 5.22. The molecule has 0 unspecified atom stereocenters. The van der Waals surface area contributed by atoms with Crippen LogP contribution >= 0.6 is 0 Å². The first-order chi connectivity index (χ1) is 12.1. The summed E-state index contributed by atoms with van der Waals surface area (Å²) in [7, 11) is 0. The molecular formula is C20H24FN3O. The van der Waals surface area contributed by atoms with Crippen molar-refractivity contribution in [1.29, 1.82) is 0 Å². The second kappa shape index (κ2) is 7.55. The predicted molar refractivity (Wildman–Crippen MR) is 99.8 cm³/mol. The minimum atomic E-state index is -0.211. The Morgan fingerprint density at radius 2 is 1.80 bits per heavy atom. The van der Waals surface area contributed by atoms with E-state index >= 15 is 0 Å². The van der Waals surface area contributed by atoms with Gasteiger partial charge in [-0.25, -0.2) is 9.18 Å². The molecule has 1 aliphatic rings. The highest BCUT2D eigenvalue weighted by Gasteiger charge is 2.26. The number of hydrogen-bond donors (Lipinski definition) is 0. The Hall–Kier alpha value is -2.56. The minimum absolute atomic E-state index is 0.0151. The molecule has 0 radical (unpaired) electrons. The van der Waals surface area contributed by atoms with E-state index in [9.17, 15) is 9.18 Å². The number of benzene rings is 2. The standard InChI is InChI=1S/C20H24FN3O/c1-3-24(17-8-6-7-16(2)15-17)20(25)23-13-11-22(12-14-23)19-10-5-4-9-18(19)21/h4-10,15H,3,11-14H2,1-2H3. The van der Waals surface area contributed by atoms with Crippen LogP contribution in [0.25, 0.3) is 0 Å². The molecule has 1 fully saturated rings. The summed E-state index contributed by atoms with van der Waals surface area (Å²) < 4.78 is 13.9. The quantitative estimate of drug-likeness (QED) is 0.846. The number of carbonyl (C=O) groups is 1. The zero-order valence-corrected chi connectivity index (χ0v) is 14.8. The SMILES string of the molecule is CCN(C(=O)N1CCN(c2ccccc2F)CC1)c1cccc(C)c1. The van der Waals surface area contributed by atoms with E-state index < -0.39 is 0 Å². The number of aryl methyl sites for hydroxylation is 1. The Balaban J connectivity index is 1.67. The molecule has 2 aromatic carbocycles. The molecule has 1 saturated heterocycles. The molecule has 4 nitrogen and oxygen atoms in total. The van der Waals surface area contributed by atoms with Crippen molar-refractivity contribution in [1.82, 2.24) is 4.90 Å². The maximum atomic E-state index is 13.9. The molecule has 0 saturated carbocycles. The third kappa shape index (κ3) is 3.76. The summed E-state index contributed by atoms with van der Waals surface area (Å²) in [5.74, 6) is -0.211. The van der Waals surface area contributed by atoms with Gasteiger partial charge in [-0.15, -0.1) is 0 Å². The highest BCUT2D eigenvalue weighted by molar-refractivity contribution is 5.92. The lowest BCUT2D eigenvalue weighted by atomic mass is 10.2. The molecule has 0 aliphatic carbocycles. The maximum absolute atomic E-state index is 13.9. The van der Waals surface area contributed by atoms with Crippen molar-refractivity contribution in [2.45, 2.75) is 13.8 Å². The molecule has 3 rings (SSSR count). The van der Waals surface area contributed by atoms with Crippen LogP contribution in [0.2, 0.25) is 0 Å². The number of amides is 2. The van der Waals surface area contributed by atoms with Gasteiger partial charge in [-0.05, 0) is 43.7 Å². The van der Waals surface area contributed by atoms with Gasteiger partial charge in [0, 0.05) is 38.4 Å². The fourth-order valence-electron chi connectivity index (χ4n) is 3.24. The largest absolute Gasteiger partial charge is 0.366 e. The first-order valence-electron chi connectivity index (χ1n) is 8.72. The first kappa shape index (κ1) is 17.3. The van der Waals surface area contributed by atoms with E-state index in [2.05, 4.69) is 0 Å². The van der Waals surface area contributed by atoms with E-state index in [0.717, 1.165) is 11.3 Å². The fourth-order valence-corrected chi connectivity index (χ4v) is 3.24. The zero-order chi connectivity index (χ0) is 17.8. The molecular weight excluding hydrogens is 317 g/mol. The Morgan fingerprint density at radius 1 is 1.08 bits per heavy atom. The van der Waals surface area contributed by atoms with Crippen molar-refractivity contribution in [3.63, 3.8) is 0 Å². The van der Waals surface area contributed by atoms with Gasteiger partial charge >= 0.3 is 6.03 Å². The number of nitrogens with zero attached hydrogens (tertiary/aromatic N) is 3. The van der Waals surface area contributed by atoms with E-state index in [-0.39, 0.29) is 11.8 Å². The van der Waals surface area contributed by atoms with Gasteiger partial charge in [-0.2, -0.15) is 0 Å². The normalized spacial score (nSPS) is 14.5. The number of urea groups is 1. The Labute approximate surface area is 148 Å². The summed E-state index contributed by atoms with van der Waals surface area (Å²) in [4.78, 5) is 18.6. The molecule has 2 aromatic rings. The van der Waals surface area contributed by atoms with Gasteiger partial charge in [-0.3, -0.25) is 4.90 Å². The van der Waals surface area contributed by atoms with Gasteiger partial charge in [0.25, 0.3) is 0 Å². The molecule has 0 atom stereocenters. The van der Waals surface area contributed by atoms with E-state index in [1.807, 2.05) is 54.0 Å². The van der Waals surface area contributed by atoms with Crippen LogP contribution in [0.15, 0.2) is 48.5 Å². The van der Waals surface area contributed by atoms with Gasteiger partial charge in [-0.1, -0.05) is 24.3 Å². The average Bonchev–Trinajstić information content (AvgIpc) is 2.63. The monoisotopic (exact) mass is 341 g/mol. The molecule has 1 heterocycles. The van der Waals surface area contributed by atoms with Gasteiger partial charge in [0.15, 0.2) is 0 Å². The summed E-state index contributed by atoms with van der Waals surface area (Å²) in [5, 5.41) is 0. The molecule has 0 aromatic heterocycles. The number of piperazine rings is 1. The second-order valence-electron chi connectivity index (χ2n) is 6.29. The van der Waals surface area contributed by atoms with Gasteiger partial charge < -0.3 is 9.80 Å². The van der Waals surface area contributed by atoms with Crippen LogP contribution in [0.5, 0.6) is 0 Å². The summed E-state index contributed by atoms with van der Waals surface area (Å²) in [6.45, 7) is 7.09. The smallest absolute Gasteiger partial charge is 0.324 e. The summed E-state index contributed by atoms with van der Waals surface area (Å²) in [5.41, 5.74) is 2.66. The molecule has 1 aliphatic heterocycles. The topological polar surface area (TPSA) is 26.8 Å². The van der Waals surface area contributed by atoms with E-state index in [1.54, 1.807) is 17.0 Å². The highest BCUT2D eigenvalue weighted by Crippen LogP contribution is 2.22. The van der Waals surface area contributed by atoms with Crippen molar-refractivity contribution in [3.05, 3.63) is 59.9 Å². The highest BCUT2D eigenvalue weighted by atomic mass is 19.1. The van der Waals surface area contributed by atoms with Crippen molar-refractivity contribution in [2.24, 2.45) is 0 Å². The molecule has 0 bridgehead atoms. The number of carbonyl (C=O) groups excluding carboxylic acids is 1. The number of rotatable bonds is 3. The van der Waals surface area contributed by atoms with Gasteiger partial charge in [0.1, 0.15) is 5.82 Å². The van der Waals surface area contributed by atoms with Crippen LogP contribution in [-0.2, 0) is 0 Å². The number of halogens is 1. The van der Waals surface area contributed by atoms with Gasteiger partial charge in [0.2, 0.25) is 0 Å². The first-order valence-corrected chi connectivity index (χ1v) is 8.72. The van der Waals surface area contributed by atoms with Crippen LogP contribution in [0.3, 0.4) is 0 Å². The zero-order valence-electron chi connectivity index (χ0n) is 14.8. The molecule has 0 spiro atoms. The van der Waals surface area contributed by atoms with Crippen molar-refractivity contribution in [2.75, 3.05) is 42.5 Å². The van der Waals surface area contributed by atoms with Crippen molar-refractivity contribution < 1.29 is 9.18 Å². The average molecular weight is 341 g/mol. The van der Waals surface area contributed by atoms with Crippen molar-refractivity contribution >= 4 is 17.4 Å². The third-order valence-electron chi connectivity index (χ3n) is 4.60. The second-order valence-corrected chi connectivity index (χ2v) is 6.29. The summed E-state index contributed by atoms with van der Waals surface area (Å²) in [6, 6.07) is 14.8. The Bertz CT molecular complexity index is 741. The molecule has 2 amide bonds. The summed E-state index contributed by atoms with van der Waals surface area (Å²) >= 11 is 0. The molecule has 25 heavy (non-hydrogen) atoms. The lowest BCUT2D eigenvalue weighted by Crippen LogP contribution is -2.53. The lowest BCUT2D eigenvalue weighted by molar-refractivity contribution is 0.201. The molecule has 132 valence electrons. The summed E-state index contributed by atoms with van der Waals surface area (Å²) in [6.07, 6.45) is 0. The maximum Gasteiger partial charge on any atom is 0.324 e. The molecule has 5 heteroatoms. The van der Waals surface area contributed by atoms with Crippen LogP contribution in [0.4, 0.5) is 20.6 Å². The van der Waals surface area contributed by atoms with Crippen molar-refractivity contribution in [3.8, 4) is 0 Å². The predicted octanol–water partition coefficient (Wildman–Crippen LogP) is 3.90.